The lowest BCUT2D eigenvalue weighted by Gasteiger charge is -2.26. The Morgan fingerprint density at radius 1 is 1.22 bits per heavy atom. The Morgan fingerprint density at radius 3 is 2.75 bits per heavy atom. The molecule has 188 valence electrons. The zero-order valence-corrected chi connectivity index (χ0v) is 20.8. The fourth-order valence-electron chi connectivity index (χ4n) is 4.55. The van der Waals surface area contributed by atoms with Crippen molar-refractivity contribution in [3.05, 3.63) is 81.5 Å². The van der Waals surface area contributed by atoms with Crippen LogP contribution in [0.3, 0.4) is 0 Å². The maximum Gasteiger partial charge on any atom is 0.278 e. The van der Waals surface area contributed by atoms with Crippen molar-refractivity contribution in [1.29, 1.82) is 0 Å². The minimum Gasteiger partial charge on any atom is -0.348 e. The normalized spacial score (nSPS) is 15.6. The first-order valence-corrected chi connectivity index (χ1v) is 12.3. The van der Waals surface area contributed by atoms with Crippen molar-refractivity contribution in [2.45, 2.75) is 59.0 Å². The van der Waals surface area contributed by atoms with Gasteiger partial charge in [-0.3, -0.25) is 19.0 Å². The molecule has 1 aromatic heterocycles. The first-order valence-electron chi connectivity index (χ1n) is 12.3. The summed E-state index contributed by atoms with van der Waals surface area (Å²) in [4.78, 5) is 43.5. The fraction of sp³-hybridized carbons (Fsp3) is 0.357. The molecule has 0 unspecified atom stereocenters. The van der Waals surface area contributed by atoms with E-state index >= 15 is 0 Å². The minimum absolute atomic E-state index is 0.000346. The van der Waals surface area contributed by atoms with Gasteiger partial charge in [-0.15, -0.1) is 0 Å². The number of aromatic nitrogens is 2. The van der Waals surface area contributed by atoms with Gasteiger partial charge in [0.05, 0.1) is 12.2 Å². The van der Waals surface area contributed by atoms with Crippen molar-refractivity contribution in [1.82, 2.24) is 14.9 Å². The van der Waals surface area contributed by atoms with Crippen LogP contribution < -0.4 is 16.2 Å². The Bertz CT molecular complexity index is 1350. The Labute approximate surface area is 209 Å². The van der Waals surface area contributed by atoms with E-state index in [4.69, 9.17) is 0 Å². The number of fused-ring (bicyclic) bond motifs is 1. The van der Waals surface area contributed by atoms with E-state index in [1.165, 1.54) is 34.5 Å². The molecule has 3 aromatic rings. The van der Waals surface area contributed by atoms with Gasteiger partial charge in [0, 0.05) is 11.5 Å². The summed E-state index contributed by atoms with van der Waals surface area (Å²) in [5, 5.41) is 5.71. The van der Waals surface area contributed by atoms with Gasteiger partial charge in [0.25, 0.3) is 5.56 Å². The van der Waals surface area contributed by atoms with Crippen LogP contribution in [-0.2, 0) is 22.6 Å². The zero-order valence-electron chi connectivity index (χ0n) is 20.8. The monoisotopic (exact) mass is 490 g/mol. The molecule has 36 heavy (non-hydrogen) atoms. The summed E-state index contributed by atoms with van der Waals surface area (Å²) in [5.41, 5.74) is 2.87. The summed E-state index contributed by atoms with van der Waals surface area (Å²) >= 11 is 0. The van der Waals surface area contributed by atoms with Crippen molar-refractivity contribution >= 4 is 17.5 Å². The summed E-state index contributed by atoms with van der Waals surface area (Å²) in [6.45, 7) is 5.08. The molecule has 0 aliphatic heterocycles. The van der Waals surface area contributed by atoms with Crippen LogP contribution in [0.25, 0.3) is 11.4 Å². The van der Waals surface area contributed by atoms with Gasteiger partial charge >= 0.3 is 0 Å². The number of benzene rings is 2. The molecule has 0 spiro atoms. The molecular weight excluding hydrogens is 459 g/mol. The van der Waals surface area contributed by atoms with Crippen LogP contribution in [0, 0.1) is 18.7 Å². The molecule has 2 amide bonds. The minimum atomic E-state index is -0.542. The third-order valence-electron chi connectivity index (χ3n) is 6.80. The molecule has 0 radical (unpaired) electrons. The number of nitrogens with one attached hydrogen (secondary N) is 2. The van der Waals surface area contributed by atoms with Crippen LogP contribution in [0.5, 0.6) is 0 Å². The van der Waals surface area contributed by atoms with Gasteiger partial charge in [-0.1, -0.05) is 38.1 Å². The topological polar surface area (TPSA) is 93.1 Å². The summed E-state index contributed by atoms with van der Waals surface area (Å²) in [5.74, 6) is -1.09. The standard InChI is InChI=1S/C28H31FN4O3/c1-4-17(2)27(35)32-24-15-30-26(21-13-12-20(29)14-18(21)3)33(28(24)36)16-25(34)31-23-11-7-9-19-8-5-6-10-22(19)23/h5-6,8,10,12-15,17,23H,4,7,9,11,16H2,1-3H3,(H,31,34)(H,32,35)/t17-,23-/m1/s1. The van der Waals surface area contributed by atoms with Crippen LogP contribution in [0.1, 0.15) is 55.8 Å². The van der Waals surface area contributed by atoms with Crippen molar-refractivity contribution in [2.24, 2.45) is 5.92 Å². The number of hydrogen-bond acceptors (Lipinski definition) is 4. The molecule has 7 nitrogen and oxygen atoms in total. The van der Waals surface area contributed by atoms with E-state index in [-0.39, 0.29) is 41.8 Å². The number of hydrogen-bond donors (Lipinski definition) is 2. The molecule has 1 heterocycles. The van der Waals surface area contributed by atoms with E-state index in [2.05, 4.69) is 21.7 Å². The molecule has 1 aliphatic rings. The number of carbonyl (C=O) groups excluding carboxylic acids is 2. The second-order valence-corrected chi connectivity index (χ2v) is 9.36. The van der Waals surface area contributed by atoms with E-state index in [9.17, 15) is 18.8 Å². The van der Waals surface area contributed by atoms with Gasteiger partial charge in [-0.05, 0) is 67.5 Å². The molecule has 2 atom stereocenters. The summed E-state index contributed by atoms with van der Waals surface area (Å²) in [6.07, 6.45) is 4.65. The van der Waals surface area contributed by atoms with Crippen molar-refractivity contribution < 1.29 is 14.0 Å². The van der Waals surface area contributed by atoms with Crippen LogP contribution in [-0.4, -0.2) is 21.4 Å². The molecule has 2 N–H and O–H groups in total. The number of anilines is 1. The van der Waals surface area contributed by atoms with Gasteiger partial charge in [-0.25, -0.2) is 9.37 Å². The Morgan fingerprint density at radius 2 is 2.00 bits per heavy atom. The summed E-state index contributed by atoms with van der Waals surface area (Å²) in [7, 11) is 0. The lowest BCUT2D eigenvalue weighted by atomic mass is 9.88. The SMILES string of the molecule is CC[C@@H](C)C(=O)Nc1cnc(-c2ccc(F)cc2C)n(CC(=O)N[C@@H]2CCCc3ccccc32)c1=O. The molecular formula is C28H31FN4O3. The third kappa shape index (κ3) is 5.37. The average molecular weight is 491 g/mol. The summed E-state index contributed by atoms with van der Waals surface area (Å²) in [6, 6.07) is 12.1. The first kappa shape index (κ1) is 25.3. The van der Waals surface area contributed by atoms with Crippen LogP contribution in [0.4, 0.5) is 10.1 Å². The second kappa shape index (κ2) is 10.8. The number of amides is 2. The molecule has 4 rings (SSSR count). The molecule has 0 saturated heterocycles. The van der Waals surface area contributed by atoms with E-state index in [0.29, 0.717) is 17.5 Å². The van der Waals surface area contributed by atoms with Crippen molar-refractivity contribution in [2.75, 3.05) is 5.32 Å². The third-order valence-corrected chi connectivity index (χ3v) is 6.80. The Hall–Kier alpha value is -3.81. The number of carbonyl (C=O) groups is 2. The molecule has 2 aromatic carbocycles. The van der Waals surface area contributed by atoms with Gasteiger partial charge in [0.1, 0.15) is 23.9 Å². The molecule has 0 fully saturated rings. The highest BCUT2D eigenvalue weighted by Crippen LogP contribution is 2.29. The van der Waals surface area contributed by atoms with Crippen molar-refractivity contribution in [3.8, 4) is 11.4 Å². The maximum atomic E-state index is 13.8. The van der Waals surface area contributed by atoms with E-state index in [1.54, 1.807) is 13.8 Å². The van der Waals surface area contributed by atoms with Gasteiger partial charge in [0.15, 0.2) is 0 Å². The zero-order chi connectivity index (χ0) is 25.8. The van der Waals surface area contributed by atoms with Gasteiger partial charge in [-0.2, -0.15) is 0 Å². The number of rotatable bonds is 7. The van der Waals surface area contributed by atoms with Crippen molar-refractivity contribution in [3.63, 3.8) is 0 Å². The highest BCUT2D eigenvalue weighted by atomic mass is 19.1. The lowest BCUT2D eigenvalue weighted by molar-refractivity contribution is -0.122. The highest BCUT2D eigenvalue weighted by Gasteiger charge is 2.24. The second-order valence-electron chi connectivity index (χ2n) is 9.36. The largest absolute Gasteiger partial charge is 0.348 e. The maximum absolute atomic E-state index is 13.8. The first-order chi connectivity index (χ1) is 17.3. The predicted octanol–water partition coefficient (Wildman–Crippen LogP) is 4.54. The van der Waals surface area contributed by atoms with Crippen LogP contribution in [0.15, 0.2) is 53.5 Å². The predicted molar refractivity (Wildman–Crippen MR) is 137 cm³/mol. The fourth-order valence-corrected chi connectivity index (χ4v) is 4.55. The molecule has 1 aliphatic carbocycles. The Balaban J connectivity index is 1.68. The van der Waals surface area contributed by atoms with Crippen LogP contribution >= 0.6 is 0 Å². The summed E-state index contributed by atoms with van der Waals surface area (Å²) < 4.78 is 15.0. The quantitative estimate of drug-likeness (QED) is 0.509. The molecule has 0 saturated carbocycles. The molecule has 0 bridgehead atoms. The number of halogens is 1. The van der Waals surface area contributed by atoms with E-state index < -0.39 is 11.4 Å². The Kier molecular flexibility index (Phi) is 7.62. The average Bonchev–Trinajstić information content (AvgIpc) is 2.86. The lowest BCUT2D eigenvalue weighted by Crippen LogP contribution is -2.38. The van der Waals surface area contributed by atoms with E-state index in [1.807, 2.05) is 25.1 Å². The van der Waals surface area contributed by atoms with E-state index in [0.717, 1.165) is 24.8 Å². The van der Waals surface area contributed by atoms with Crippen LogP contribution in [0.2, 0.25) is 0 Å². The highest BCUT2D eigenvalue weighted by molar-refractivity contribution is 5.92. The smallest absolute Gasteiger partial charge is 0.278 e. The number of aryl methyl sites for hydroxylation is 2. The number of nitrogens with zero attached hydrogens (tertiary/aromatic N) is 2. The van der Waals surface area contributed by atoms with Gasteiger partial charge in [0.2, 0.25) is 11.8 Å². The van der Waals surface area contributed by atoms with Gasteiger partial charge < -0.3 is 10.6 Å². The molecule has 8 heteroatoms.